The van der Waals surface area contributed by atoms with Crippen molar-refractivity contribution < 1.29 is 4.79 Å². The van der Waals surface area contributed by atoms with Crippen LogP contribution in [-0.4, -0.2) is 5.78 Å². The van der Waals surface area contributed by atoms with Gasteiger partial charge in [-0.15, -0.1) is 0 Å². The Morgan fingerprint density at radius 3 is 2.44 bits per heavy atom. The molecule has 5 aliphatic carbocycles. The highest BCUT2D eigenvalue weighted by Crippen LogP contribution is 2.66. The van der Waals surface area contributed by atoms with Gasteiger partial charge in [-0.1, -0.05) is 59.3 Å². The predicted molar refractivity (Wildman–Crippen MR) is 111 cm³/mol. The third-order valence-corrected chi connectivity index (χ3v) is 10.7. The molecule has 152 valence electrons. The molecule has 0 N–H and O–H groups in total. The lowest BCUT2D eigenvalue weighted by molar-refractivity contribution is -0.133. The van der Waals surface area contributed by atoms with Crippen molar-refractivity contribution >= 4 is 5.78 Å². The zero-order chi connectivity index (χ0) is 18.8. The van der Waals surface area contributed by atoms with Crippen LogP contribution in [0.5, 0.6) is 0 Å². The first-order chi connectivity index (χ1) is 13.1. The molecule has 5 fully saturated rings. The van der Waals surface area contributed by atoms with E-state index >= 15 is 0 Å². The molecule has 0 bridgehead atoms. The van der Waals surface area contributed by atoms with E-state index < -0.39 is 0 Å². The molecule has 0 aromatic carbocycles. The number of fused-ring (bicyclic) bond motifs is 5. The average molecular weight is 371 g/mol. The van der Waals surface area contributed by atoms with Gasteiger partial charge in [-0.2, -0.15) is 0 Å². The molecule has 10 unspecified atom stereocenters. The van der Waals surface area contributed by atoms with Crippen LogP contribution < -0.4 is 0 Å². The summed E-state index contributed by atoms with van der Waals surface area (Å²) in [6, 6.07) is 0. The Balaban J connectivity index is 1.49. The van der Waals surface area contributed by atoms with Crippen molar-refractivity contribution in [2.24, 2.45) is 58.7 Å². The van der Waals surface area contributed by atoms with Crippen LogP contribution in [0.1, 0.15) is 97.8 Å². The first kappa shape index (κ1) is 18.7. The number of ketones is 1. The molecule has 0 radical (unpaired) electrons. The van der Waals surface area contributed by atoms with Gasteiger partial charge in [0.05, 0.1) is 0 Å². The van der Waals surface area contributed by atoms with Crippen molar-refractivity contribution in [3.05, 3.63) is 0 Å². The second kappa shape index (κ2) is 6.88. The Morgan fingerprint density at radius 1 is 0.889 bits per heavy atom. The highest BCUT2D eigenvalue weighted by Gasteiger charge is 2.63. The van der Waals surface area contributed by atoms with Gasteiger partial charge < -0.3 is 0 Å². The number of rotatable bonds is 2. The minimum atomic E-state index is 0.427. The highest BCUT2D eigenvalue weighted by molar-refractivity contribution is 5.87. The molecule has 0 aromatic rings. The monoisotopic (exact) mass is 370 g/mol. The minimum absolute atomic E-state index is 0.427. The number of hydrogen-bond donors (Lipinski definition) is 0. The van der Waals surface area contributed by atoms with Crippen molar-refractivity contribution in [2.45, 2.75) is 97.8 Å². The molecule has 1 nitrogen and oxygen atoms in total. The van der Waals surface area contributed by atoms with Gasteiger partial charge in [-0.25, -0.2) is 0 Å². The lowest BCUT2D eigenvalue weighted by atomic mass is 9.48. The number of hydrogen-bond acceptors (Lipinski definition) is 1. The fourth-order valence-corrected chi connectivity index (χ4v) is 9.95. The first-order valence-corrected chi connectivity index (χ1v) is 12.6. The summed E-state index contributed by atoms with van der Waals surface area (Å²) in [6.07, 6.45) is 17.1. The molecule has 0 saturated heterocycles. The Labute approximate surface area is 167 Å². The van der Waals surface area contributed by atoms with E-state index in [1.165, 1.54) is 77.0 Å². The normalized spacial score (nSPS) is 54.6. The van der Waals surface area contributed by atoms with E-state index in [1.807, 2.05) is 0 Å². The fourth-order valence-electron chi connectivity index (χ4n) is 9.95. The van der Waals surface area contributed by atoms with Gasteiger partial charge in [0.1, 0.15) is 5.78 Å². The lowest BCUT2D eigenvalue weighted by Gasteiger charge is -2.56. The van der Waals surface area contributed by atoms with Crippen LogP contribution in [0.4, 0.5) is 0 Å². The van der Waals surface area contributed by atoms with Gasteiger partial charge in [0, 0.05) is 11.8 Å². The first-order valence-electron chi connectivity index (χ1n) is 12.6. The molecule has 0 spiro atoms. The van der Waals surface area contributed by atoms with Gasteiger partial charge in [0.15, 0.2) is 0 Å². The molecule has 0 heterocycles. The standard InChI is InChI=1S/C26H42O/c1-4-12-26-13-8-7-11-22(26)17(3)24-21(15-26)20-14-18-9-5-6-10-19(18)16(2)23(20)25(24)27/h16-24H,4-15H2,1-3H3. The highest BCUT2D eigenvalue weighted by atomic mass is 16.1. The van der Waals surface area contributed by atoms with Gasteiger partial charge in [-0.3, -0.25) is 4.79 Å². The molecule has 5 rings (SSSR count). The van der Waals surface area contributed by atoms with Crippen LogP contribution in [0.2, 0.25) is 0 Å². The van der Waals surface area contributed by atoms with Crippen LogP contribution in [0, 0.1) is 58.7 Å². The topological polar surface area (TPSA) is 17.1 Å². The van der Waals surface area contributed by atoms with Crippen molar-refractivity contribution in [3.63, 3.8) is 0 Å². The summed E-state index contributed by atoms with van der Waals surface area (Å²) >= 11 is 0. The van der Waals surface area contributed by atoms with Crippen LogP contribution >= 0.6 is 0 Å². The van der Waals surface area contributed by atoms with Crippen molar-refractivity contribution in [1.82, 2.24) is 0 Å². The fraction of sp³-hybridized carbons (Fsp3) is 0.962. The molecule has 10 atom stereocenters. The van der Waals surface area contributed by atoms with Crippen molar-refractivity contribution in [2.75, 3.05) is 0 Å². The zero-order valence-corrected chi connectivity index (χ0v) is 18.1. The molecular formula is C26H42O. The molecule has 5 saturated carbocycles. The summed E-state index contributed by atoms with van der Waals surface area (Å²) in [5.41, 5.74) is 0.593. The van der Waals surface area contributed by atoms with Gasteiger partial charge in [0.2, 0.25) is 0 Å². The lowest BCUT2D eigenvalue weighted by Crippen LogP contribution is -2.49. The van der Waals surface area contributed by atoms with Crippen LogP contribution in [0.15, 0.2) is 0 Å². The third-order valence-electron chi connectivity index (χ3n) is 10.7. The van der Waals surface area contributed by atoms with E-state index in [0.29, 0.717) is 29.1 Å². The van der Waals surface area contributed by atoms with Crippen LogP contribution in [-0.2, 0) is 4.79 Å². The largest absolute Gasteiger partial charge is 0.299 e. The third kappa shape index (κ3) is 2.65. The van der Waals surface area contributed by atoms with Gasteiger partial charge in [-0.05, 0) is 85.4 Å². The van der Waals surface area contributed by atoms with Crippen LogP contribution in [0.25, 0.3) is 0 Å². The minimum Gasteiger partial charge on any atom is -0.299 e. The van der Waals surface area contributed by atoms with Gasteiger partial charge in [0.25, 0.3) is 0 Å². The summed E-state index contributed by atoms with van der Waals surface area (Å²) in [5.74, 6) is 7.07. The maximum atomic E-state index is 13.8. The molecule has 27 heavy (non-hydrogen) atoms. The van der Waals surface area contributed by atoms with E-state index in [0.717, 1.165) is 35.4 Å². The number of carbonyl (C=O) groups excluding carboxylic acids is 1. The summed E-state index contributed by atoms with van der Waals surface area (Å²) in [7, 11) is 0. The second-order valence-electron chi connectivity index (χ2n) is 11.6. The molecule has 0 amide bonds. The molecule has 1 heteroatoms. The number of Topliss-reactive ketones (excluding diaryl/α,β-unsaturated/α-hetero) is 1. The average Bonchev–Trinajstić information content (AvgIpc) is 2.94. The molecule has 5 aliphatic rings. The maximum Gasteiger partial charge on any atom is 0.140 e. The Morgan fingerprint density at radius 2 is 1.63 bits per heavy atom. The van der Waals surface area contributed by atoms with Crippen molar-refractivity contribution in [3.8, 4) is 0 Å². The quantitative estimate of drug-likeness (QED) is 0.517. The van der Waals surface area contributed by atoms with E-state index in [9.17, 15) is 4.79 Å². The van der Waals surface area contributed by atoms with Crippen molar-refractivity contribution in [1.29, 1.82) is 0 Å². The van der Waals surface area contributed by atoms with E-state index in [2.05, 4.69) is 20.8 Å². The Kier molecular flexibility index (Phi) is 4.76. The SMILES string of the molecule is CCCC12CCCCC1C(C)C1C(=O)C3C(C)C4CCCCC4CC3C1C2. The van der Waals surface area contributed by atoms with E-state index in [4.69, 9.17) is 0 Å². The summed E-state index contributed by atoms with van der Waals surface area (Å²) in [5, 5.41) is 0. The van der Waals surface area contributed by atoms with Crippen LogP contribution in [0.3, 0.4) is 0 Å². The van der Waals surface area contributed by atoms with E-state index in [1.54, 1.807) is 0 Å². The molecule has 0 aliphatic heterocycles. The molecular weight excluding hydrogens is 328 g/mol. The Bertz CT molecular complexity index is 577. The predicted octanol–water partition coefficient (Wildman–Crippen LogP) is 6.90. The second-order valence-corrected chi connectivity index (χ2v) is 11.6. The Hall–Kier alpha value is -0.330. The maximum absolute atomic E-state index is 13.8. The molecule has 0 aromatic heterocycles. The summed E-state index contributed by atoms with van der Waals surface area (Å²) < 4.78 is 0. The van der Waals surface area contributed by atoms with Gasteiger partial charge >= 0.3 is 0 Å². The zero-order valence-electron chi connectivity index (χ0n) is 18.1. The summed E-state index contributed by atoms with van der Waals surface area (Å²) in [6.45, 7) is 7.38. The summed E-state index contributed by atoms with van der Waals surface area (Å²) in [4.78, 5) is 13.8. The smallest absolute Gasteiger partial charge is 0.140 e. The number of carbonyl (C=O) groups is 1. The van der Waals surface area contributed by atoms with E-state index in [-0.39, 0.29) is 0 Å².